The van der Waals surface area contributed by atoms with Crippen LogP contribution in [0.1, 0.15) is 35.2 Å². The summed E-state index contributed by atoms with van der Waals surface area (Å²) in [5.41, 5.74) is 11.0. The van der Waals surface area contributed by atoms with Crippen molar-refractivity contribution in [3.63, 3.8) is 0 Å². The molecule has 2 fully saturated rings. The summed E-state index contributed by atoms with van der Waals surface area (Å²) in [6.07, 6.45) is 6.95. The molecule has 2 aliphatic heterocycles. The molecule has 2 saturated heterocycles. The van der Waals surface area contributed by atoms with Crippen LogP contribution < -0.4 is 15.8 Å². The number of anilines is 1. The highest BCUT2D eigenvalue weighted by atomic mass is 16.6. The lowest BCUT2D eigenvalue weighted by molar-refractivity contribution is 0.0668. The molecular weight excluding hydrogens is 558 g/mol. The Balaban J connectivity index is 1.03. The third kappa shape index (κ3) is 6.90. The molecule has 0 spiro atoms. The minimum Gasteiger partial charge on any atom is -0.410 e. The van der Waals surface area contributed by atoms with Crippen LogP contribution in [-0.4, -0.2) is 80.0 Å². The molecule has 2 aromatic heterocycles. The number of carbonyl (C=O) groups is 2. The van der Waals surface area contributed by atoms with Gasteiger partial charge in [0, 0.05) is 62.8 Å². The highest BCUT2D eigenvalue weighted by Crippen LogP contribution is 2.26. The summed E-state index contributed by atoms with van der Waals surface area (Å²) < 4.78 is 7.40. The van der Waals surface area contributed by atoms with Crippen molar-refractivity contribution in [2.24, 2.45) is 7.05 Å². The fourth-order valence-electron chi connectivity index (χ4n) is 5.83. The Labute approximate surface area is 256 Å². The van der Waals surface area contributed by atoms with Crippen LogP contribution in [-0.2, 0) is 13.6 Å². The number of ether oxygens (including phenoxy) is 1. The van der Waals surface area contributed by atoms with E-state index in [2.05, 4.69) is 44.6 Å². The van der Waals surface area contributed by atoms with Gasteiger partial charge in [-0.1, -0.05) is 36.4 Å². The first-order chi connectivity index (χ1) is 21.3. The summed E-state index contributed by atoms with van der Waals surface area (Å²) in [6, 6.07) is 17.3. The van der Waals surface area contributed by atoms with Crippen LogP contribution in [0.2, 0.25) is 0 Å². The van der Waals surface area contributed by atoms with E-state index in [1.54, 1.807) is 34.1 Å². The number of β-amino-alcohol motifs (C(OH)–C–C–N with tert-alkyl or cyclic N) is 1. The van der Waals surface area contributed by atoms with Crippen molar-refractivity contribution in [2.75, 3.05) is 31.9 Å². The van der Waals surface area contributed by atoms with Gasteiger partial charge in [0.15, 0.2) is 0 Å². The van der Waals surface area contributed by atoms with Gasteiger partial charge in [0.2, 0.25) is 0 Å². The number of aryl methyl sites for hydroxylation is 1. The number of likely N-dealkylation sites (tertiary alicyclic amines) is 2. The zero-order valence-corrected chi connectivity index (χ0v) is 24.7. The number of nitrogens with one attached hydrogen (secondary N) is 1. The molecule has 44 heavy (non-hydrogen) atoms. The number of carbonyl (C=O) groups excluding carboxylic acids is 2. The quantitative estimate of drug-likeness (QED) is 0.294. The van der Waals surface area contributed by atoms with Gasteiger partial charge in [0.1, 0.15) is 11.6 Å². The second-order valence-electron chi connectivity index (χ2n) is 11.6. The fraction of sp³-hybridized carbons (Fsp3) is 0.333. The third-order valence-electron chi connectivity index (χ3n) is 8.20. The molecular formula is C33H37N7O4. The van der Waals surface area contributed by atoms with E-state index < -0.39 is 6.09 Å². The first kappa shape index (κ1) is 29.3. The molecule has 11 heteroatoms. The van der Waals surface area contributed by atoms with Gasteiger partial charge in [-0.05, 0) is 60.7 Å². The molecule has 11 nitrogen and oxygen atoms in total. The van der Waals surface area contributed by atoms with Crippen molar-refractivity contribution >= 4 is 17.8 Å². The number of pyridine rings is 1. The van der Waals surface area contributed by atoms with Crippen molar-refractivity contribution in [1.29, 1.82) is 0 Å². The highest BCUT2D eigenvalue weighted by molar-refractivity contribution is 5.99. The minimum absolute atomic E-state index is 0.140. The number of nitrogens with two attached hydrogens (primary N) is 1. The van der Waals surface area contributed by atoms with E-state index in [-0.39, 0.29) is 29.4 Å². The molecule has 2 amide bonds. The second kappa shape index (κ2) is 12.9. The van der Waals surface area contributed by atoms with E-state index in [4.69, 9.17) is 10.5 Å². The van der Waals surface area contributed by atoms with E-state index >= 15 is 0 Å². The number of piperidine rings is 1. The maximum absolute atomic E-state index is 13.1. The predicted molar refractivity (Wildman–Crippen MR) is 167 cm³/mol. The Kier molecular flexibility index (Phi) is 8.58. The van der Waals surface area contributed by atoms with Crippen LogP contribution in [0, 0.1) is 0 Å². The summed E-state index contributed by atoms with van der Waals surface area (Å²) in [5, 5.41) is 17.1. The summed E-state index contributed by atoms with van der Waals surface area (Å²) in [7, 11) is 1.82. The lowest BCUT2D eigenvalue weighted by Crippen LogP contribution is -2.39. The van der Waals surface area contributed by atoms with E-state index in [1.807, 2.05) is 31.4 Å². The monoisotopic (exact) mass is 595 g/mol. The summed E-state index contributed by atoms with van der Waals surface area (Å²) >= 11 is 0. The van der Waals surface area contributed by atoms with Crippen molar-refractivity contribution in [3.05, 3.63) is 84.3 Å². The topological polar surface area (TPSA) is 139 Å². The van der Waals surface area contributed by atoms with Crippen molar-refractivity contribution in [1.82, 2.24) is 29.9 Å². The van der Waals surface area contributed by atoms with Crippen molar-refractivity contribution < 1.29 is 19.4 Å². The van der Waals surface area contributed by atoms with Gasteiger partial charge in [-0.15, -0.1) is 0 Å². The van der Waals surface area contributed by atoms with E-state index in [0.717, 1.165) is 48.2 Å². The molecule has 4 heterocycles. The molecule has 228 valence electrons. The van der Waals surface area contributed by atoms with Gasteiger partial charge in [-0.25, -0.2) is 9.78 Å². The number of nitrogens with zero attached hydrogens (tertiary/aromatic N) is 5. The molecule has 2 aliphatic rings. The van der Waals surface area contributed by atoms with Crippen LogP contribution in [0.4, 0.5) is 10.6 Å². The molecule has 4 N–H and O–H groups in total. The molecule has 0 bridgehead atoms. The molecule has 0 radical (unpaired) electrons. The van der Waals surface area contributed by atoms with Crippen molar-refractivity contribution in [2.45, 2.75) is 38.0 Å². The van der Waals surface area contributed by atoms with E-state index in [9.17, 15) is 14.7 Å². The van der Waals surface area contributed by atoms with Crippen LogP contribution in [0.25, 0.3) is 22.3 Å². The number of aromatic nitrogens is 3. The smallest absolute Gasteiger partial charge is 0.410 e. The Morgan fingerprint density at radius 3 is 2.61 bits per heavy atom. The molecule has 2 atom stereocenters. The summed E-state index contributed by atoms with van der Waals surface area (Å²) in [6.45, 7) is 3.32. The zero-order valence-electron chi connectivity index (χ0n) is 24.7. The maximum Gasteiger partial charge on any atom is 0.415 e. The summed E-state index contributed by atoms with van der Waals surface area (Å²) in [5.74, 6) is 0.256. The second-order valence-corrected chi connectivity index (χ2v) is 11.6. The van der Waals surface area contributed by atoms with E-state index in [1.165, 1.54) is 5.56 Å². The number of amides is 2. The minimum atomic E-state index is -0.460. The average molecular weight is 596 g/mol. The van der Waals surface area contributed by atoms with Gasteiger partial charge < -0.3 is 25.8 Å². The Bertz CT molecular complexity index is 1640. The number of hydrogen-bond donors (Lipinski definition) is 3. The first-order valence-electron chi connectivity index (χ1n) is 14.9. The van der Waals surface area contributed by atoms with Gasteiger partial charge in [-0.2, -0.15) is 5.10 Å². The normalized spacial score (nSPS) is 18.7. The number of aliphatic hydroxyl groups is 1. The van der Waals surface area contributed by atoms with Crippen LogP contribution in [0.5, 0.6) is 5.75 Å². The Morgan fingerprint density at radius 2 is 1.84 bits per heavy atom. The van der Waals surface area contributed by atoms with Gasteiger partial charge in [0.25, 0.3) is 5.91 Å². The number of hydrogen-bond acceptors (Lipinski definition) is 8. The number of nitrogen functional groups attached to an aromatic ring is 1. The number of rotatable bonds is 7. The fourth-order valence-corrected chi connectivity index (χ4v) is 5.83. The predicted octanol–water partition coefficient (Wildman–Crippen LogP) is 3.69. The van der Waals surface area contributed by atoms with Crippen molar-refractivity contribution in [3.8, 4) is 28.0 Å². The molecule has 1 unspecified atom stereocenters. The average Bonchev–Trinajstić information content (AvgIpc) is 3.67. The van der Waals surface area contributed by atoms with E-state index in [0.29, 0.717) is 31.8 Å². The Hall–Kier alpha value is -4.74. The van der Waals surface area contributed by atoms with Crippen LogP contribution >= 0.6 is 0 Å². The standard InChI is InChI=1S/C33H37N7O4/c1-38-19-26(17-36-38)25-15-30(31(34)35-16-25)32(42)37-27-11-13-40(20-27)33(43)44-29-6-2-4-24(14-29)23-9-7-22(8-10-23)18-39-12-3-5-28(41)21-39/h2,4,6-10,14-17,19,27-28,41H,3,5,11-13,18,20-21H2,1H3,(H2,34,35)(H,37,42)/t27-,28?/m1/s1. The lowest BCUT2D eigenvalue weighted by Gasteiger charge is -2.30. The van der Waals surface area contributed by atoms with Crippen LogP contribution in [0.15, 0.2) is 73.2 Å². The lowest BCUT2D eigenvalue weighted by atomic mass is 10.0. The zero-order chi connectivity index (χ0) is 30.6. The maximum atomic E-state index is 13.1. The number of benzene rings is 2. The molecule has 6 rings (SSSR count). The third-order valence-corrected chi connectivity index (χ3v) is 8.20. The van der Waals surface area contributed by atoms with Gasteiger partial charge in [0.05, 0.1) is 17.9 Å². The largest absolute Gasteiger partial charge is 0.415 e. The Morgan fingerprint density at radius 1 is 1.00 bits per heavy atom. The molecule has 4 aromatic rings. The number of aliphatic hydroxyl groups excluding tert-OH is 1. The SMILES string of the molecule is Cn1cc(-c2cnc(N)c(C(=O)N[C@@H]3CCN(C(=O)Oc4cccc(-c5ccc(CN6CCCC(O)C6)cc5)c4)C3)c2)cn1. The first-order valence-corrected chi connectivity index (χ1v) is 14.9. The highest BCUT2D eigenvalue weighted by Gasteiger charge is 2.29. The molecule has 0 saturated carbocycles. The van der Waals surface area contributed by atoms with Gasteiger partial charge in [-0.3, -0.25) is 14.4 Å². The van der Waals surface area contributed by atoms with Gasteiger partial charge >= 0.3 is 6.09 Å². The molecule has 0 aliphatic carbocycles. The van der Waals surface area contributed by atoms with Crippen LogP contribution in [0.3, 0.4) is 0 Å². The summed E-state index contributed by atoms with van der Waals surface area (Å²) in [4.78, 5) is 34.2. The molecule has 2 aromatic carbocycles.